The lowest BCUT2D eigenvalue weighted by atomic mass is 9.49. The Morgan fingerprint density at radius 1 is 1.12 bits per heavy atom. The maximum absolute atomic E-state index is 13.9. The molecule has 4 saturated carbocycles. The Balaban J connectivity index is 1.24. The number of rotatable bonds is 7. The molecular weight excluding hydrogens is 400 g/mol. The van der Waals surface area contributed by atoms with Crippen molar-refractivity contribution >= 4 is 11.8 Å². The van der Waals surface area contributed by atoms with Gasteiger partial charge in [0.15, 0.2) is 0 Å². The van der Waals surface area contributed by atoms with Gasteiger partial charge in [0.25, 0.3) is 0 Å². The fraction of sp³-hybridized carbons (Fsp3) is 0.630. The van der Waals surface area contributed by atoms with Gasteiger partial charge in [-0.2, -0.15) is 0 Å². The van der Waals surface area contributed by atoms with E-state index in [1.807, 2.05) is 36.2 Å². The highest BCUT2D eigenvalue weighted by Gasteiger charge is 2.56. The highest BCUT2D eigenvalue weighted by molar-refractivity contribution is 5.91. The Morgan fingerprint density at radius 2 is 1.75 bits per heavy atom. The first-order valence-corrected chi connectivity index (χ1v) is 12.4. The van der Waals surface area contributed by atoms with E-state index in [1.165, 1.54) is 19.3 Å². The summed E-state index contributed by atoms with van der Waals surface area (Å²) in [6.07, 6.45) is 10.6. The lowest BCUT2D eigenvalue weighted by Crippen LogP contribution is -2.57. The number of nitrogens with zero attached hydrogens (tertiary/aromatic N) is 2. The molecule has 32 heavy (non-hydrogen) atoms. The highest BCUT2D eigenvalue weighted by atomic mass is 16.5. The van der Waals surface area contributed by atoms with E-state index >= 15 is 0 Å². The summed E-state index contributed by atoms with van der Waals surface area (Å²) in [5, 5.41) is 0. The zero-order valence-corrected chi connectivity index (χ0v) is 19.3. The number of benzene rings is 1. The van der Waals surface area contributed by atoms with Gasteiger partial charge in [-0.15, -0.1) is 0 Å². The molecule has 0 aromatic heterocycles. The first kappa shape index (κ1) is 21.5. The summed E-state index contributed by atoms with van der Waals surface area (Å²) in [5.74, 6) is 3.39. The van der Waals surface area contributed by atoms with Gasteiger partial charge in [-0.25, -0.2) is 0 Å². The zero-order chi connectivity index (χ0) is 22.3. The Bertz CT molecular complexity index is 842. The van der Waals surface area contributed by atoms with Crippen LogP contribution in [0.15, 0.2) is 36.9 Å². The molecular formula is C27H36N2O3. The minimum atomic E-state index is -0.296. The van der Waals surface area contributed by atoms with Crippen LogP contribution in [0.3, 0.4) is 0 Å². The first-order chi connectivity index (χ1) is 15.5. The summed E-state index contributed by atoms with van der Waals surface area (Å²) in [6.45, 7) is 5.42. The molecule has 1 atom stereocenters. The normalized spacial score (nSPS) is 32.7. The van der Waals surface area contributed by atoms with E-state index in [9.17, 15) is 9.59 Å². The first-order valence-electron chi connectivity index (χ1n) is 12.4. The molecule has 5 nitrogen and oxygen atoms in total. The third-order valence-corrected chi connectivity index (χ3v) is 8.38. The van der Waals surface area contributed by atoms with E-state index in [4.69, 9.17) is 4.74 Å². The fourth-order valence-corrected chi connectivity index (χ4v) is 7.40. The van der Waals surface area contributed by atoms with Crippen molar-refractivity contribution in [3.63, 3.8) is 0 Å². The summed E-state index contributed by atoms with van der Waals surface area (Å²) < 4.78 is 5.54. The van der Waals surface area contributed by atoms with Crippen LogP contribution in [0.1, 0.15) is 56.9 Å². The van der Waals surface area contributed by atoms with E-state index in [1.54, 1.807) is 11.0 Å². The molecule has 5 fully saturated rings. The molecule has 5 heteroatoms. The van der Waals surface area contributed by atoms with Crippen molar-refractivity contribution in [3.8, 4) is 5.75 Å². The number of carbonyl (C=O) groups is 2. The molecule has 5 aliphatic rings. The molecule has 0 N–H and O–H groups in total. The van der Waals surface area contributed by atoms with Crippen molar-refractivity contribution in [1.29, 1.82) is 0 Å². The summed E-state index contributed by atoms with van der Waals surface area (Å²) in [4.78, 5) is 31.0. The lowest BCUT2D eigenvalue weighted by Gasteiger charge is -2.56. The molecule has 1 saturated heterocycles. The molecule has 6 rings (SSSR count). The van der Waals surface area contributed by atoms with Crippen LogP contribution in [0.2, 0.25) is 0 Å². The van der Waals surface area contributed by atoms with Crippen LogP contribution >= 0.6 is 0 Å². The Kier molecular flexibility index (Phi) is 5.77. The van der Waals surface area contributed by atoms with Crippen LogP contribution in [-0.4, -0.2) is 47.9 Å². The van der Waals surface area contributed by atoms with Gasteiger partial charge < -0.3 is 14.5 Å². The number of hydrogen-bond acceptors (Lipinski definition) is 3. The maximum Gasteiger partial charge on any atom is 0.245 e. The number of likely N-dealkylation sites (tertiary alicyclic amines) is 1. The SMILES string of the molecule is C=CCOc1ccc(CN(C)C(=O)[C@@H]2CCCN2C(=O)C23CC4CC(CC(C4)C2)C3)cc1. The van der Waals surface area contributed by atoms with Crippen LogP contribution in [-0.2, 0) is 16.1 Å². The van der Waals surface area contributed by atoms with E-state index < -0.39 is 0 Å². The number of ether oxygens (including phenoxy) is 1. The van der Waals surface area contributed by atoms with Gasteiger partial charge >= 0.3 is 0 Å². The molecule has 1 aromatic carbocycles. The third-order valence-electron chi connectivity index (χ3n) is 8.38. The van der Waals surface area contributed by atoms with Crippen LogP contribution in [0.5, 0.6) is 5.75 Å². The molecule has 0 spiro atoms. The molecule has 1 heterocycles. The second-order valence-corrected chi connectivity index (χ2v) is 10.8. The number of amides is 2. The molecule has 4 bridgehead atoms. The Hall–Kier alpha value is -2.30. The van der Waals surface area contributed by atoms with Gasteiger partial charge in [0.1, 0.15) is 18.4 Å². The molecule has 172 valence electrons. The van der Waals surface area contributed by atoms with E-state index in [2.05, 4.69) is 6.58 Å². The van der Waals surface area contributed by atoms with Crippen molar-refractivity contribution in [2.45, 2.75) is 64.0 Å². The molecule has 4 aliphatic carbocycles. The molecule has 2 amide bonds. The van der Waals surface area contributed by atoms with Crippen molar-refractivity contribution in [2.75, 3.05) is 20.2 Å². The summed E-state index contributed by atoms with van der Waals surface area (Å²) in [5.41, 5.74) is 0.890. The fourth-order valence-electron chi connectivity index (χ4n) is 7.40. The minimum Gasteiger partial charge on any atom is -0.490 e. The van der Waals surface area contributed by atoms with Gasteiger partial charge in [-0.3, -0.25) is 9.59 Å². The molecule has 1 aromatic rings. The predicted molar refractivity (Wildman–Crippen MR) is 124 cm³/mol. The number of hydrogen-bond donors (Lipinski definition) is 0. The molecule has 1 aliphatic heterocycles. The largest absolute Gasteiger partial charge is 0.490 e. The second-order valence-electron chi connectivity index (χ2n) is 10.8. The van der Waals surface area contributed by atoms with Gasteiger partial charge in [-0.05, 0) is 86.8 Å². The lowest BCUT2D eigenvalue weighted by molar-refractivity contribution is -0.161. The summed E-state index contributed by atoms with van der Waals surface area (Å²) in [6, 6.07) is 7.55. The summed E-state index contributed by atoms with van der Waals surface area (Å²) in [7, 11) is 1.86. The zero-order valence-electron chi connectivity index (χ0n) is 19.3. The van der Waals surface area contributed by atoms with Crippen molar-refractivity contribution in [3.05, 3.63) is 42.5 Å². The standard InChI is InChI=1S/C27H36N2O3/c1-3-11-32-23-8-6-19(7-9-23)18-28(2)25(30)24-5-4-10-29(24)26(31)27-15-20-12-21(16-27)14-22(13-20)17-27/h3,6-9,20-22,24H,1,4-5,10-18H2,2H3/t20?,21?,22?,24-,27?/m0/s1. The van der Waals surface area contributed by atoms with Crippen LogP contribution in [0.4, 0.5) is 0 Å². The highest BCUT2D eigenvalue weighted by Crippen LogP contribution is 2.60. The number of carbonyl (C=O) groups excluding carboxylic acids is 2. The Labute approximate surface area is 191 Å². The van der Waals surface area contributed by atoms with Crippen molar-refractivity contribution in [1.82, 2.24) is 9.80 Å². The predicted octanol–water partition coefficient (Wildman–Crippen LogP) is 4.42. The van der Waals surface area contributed by atoms with E-state index in [-0.39, 0.29) is 17.4 Å². The second kappa shape index (κ2) is 8.57. The smallest absolute Gasteiger partial charge is 0.245 e. The van der Waals surface area contributed by atoms with Crippen LogP contribution in [0, 0.1) is 23.2 Å². The number of likely N-dealkylation sites (N-methyl/N-ethyl adjacent to an activating group) is 1. The van der Waals surface area contributed by atoms with Gasteiger partial charge in [0.05, 0.1) is 5.41 Å². The maximum atomic E-state index is 13.9. The average Bonchev–Trinajstić information content (AvgIpc) is 3.26. The molecule has 0 radical (unpaired) electrons. The topological polar surface area (TPSA) is 49.9 Å². The minimum absolute atomic E-state index is 0.0764. The average molecular weight is 437 g/mol. The van der Waals surface area contributed by atoms with E-state index in [0.717, 1.165) is 67.7 Å². The van der Waals surface area contributed by atoms with Gasteiger partial charge in [0.2, 0.25) is 11.8 Å². The quantitative estimate of drug-likeness (QED) is 0.595. The van der Waals surface area contributed by atoms with Gasteiger partial charge in [-0.1, -0.05) is 24.8 Å². The van der Waals surface area contributed by atoms with Crippen LogP contribution < -0.4 is 4.74 Å². The van der Waals surface area contributed by atoms with Gasteiger partial charge in [0, 0.05) is 20.1 Å². The monoisotopic (exact) mass is 436 g/mol. The van der Waals surface area contributed by atoms with Crippen LogP contribution in [0.25, 0.3) is 0 Å². The van der Waals surface area contributed by atoms with E-state index in [0.29, 0.717) is 19.1 Å². The third kappa shape index (κ3) is 3.95. The van der Waals surface area contributed by atoms with Crippen molar-refractivity contribution < 1.29 is 14.3 Å². The summed E-state index contributed by atoms with van der Waals surface area (Å²) >= 11 is 0. The molecule has 0 unspecified atom stereocenters. The Morgan fingerprint density at radius 3 is 2.34 bits per heavy atom. The van der Waals surface area contributed by atoms with Crippen molar-refractivity contribution in [2.24, 2.45) is 23.2 Å².